The van der Waals surface area contributed by atoms with Crippen LogP contribution in [0.5, 0.6) is 0 Å². The van der Waals surface area contributed by atoms with Gasteiger partial charge in [-0.3, -0.25) is 4.79 Å². The molecule has 0 aliphatic heterocycles. The van der Waals surface area contributed by atoms with Gasteiger partial charge in [0.15, 0.2) is 5.78 Å². The van der Waals surface area contributed by atoms with Crippen LogP contribution in [0.2, 0.25) is 0 Å². The van der Waals surface area contributed by atoms with Crippen LogP contribution in [-0.2, 0) is 11.3 Å². The second-order valence-electron chi connectivity index (χ2n) is 5.18. The molecule has 1 aliphatic rings. The third-order valence-corrected chi connectivity index (χ3v) is 3.97. The molecule has 94 valence electrons. The number of carbonyl (C=O) groups is 1. The minimum absolute atomic E-state index is 0.283. The standard InChI is InChI=1S/C15H18N2O/c1-11-16-13-8-4-5-9-14(13)17(11)10-15(18)12-6-2-3-7-12/h4-5,8-9,12H,2-3,6-7,10H2,1H3. The Balaban J connectivity index is 1.89. The number of hydrogen-bond donors (Lipinski definition) is 0. The molecule has 1 aliphatic carbocycles. The Bertz CT molecular complexity index is 579. The molecule has 0 atom stereocenters. The number of nitrogens with zero attached hydrogens (tertiary/aromatic N) is 2. The molecular formula is C15H18N2O. The summed E-state index contributed by atoms with van der Waals surface area (Å²) in [4.78, 5) is 16.8. The van der Waals surface area contributed by atoms with E-state index in [2.05, 4.69) is 9.55 Å². The molecule has 1 aromatic heterocycles. The summed E-state index contributed by atoms with van der Waals surface area (Å²) in [6.45, 7) is 2.46. The van der Waals surface area contributed by atoms with Gasteiger partial charge in [0.1, 0.15) is 5.82 Å². The van der Waals surface area contributed by atoms with Crippen molar-refractivity contribution in [1.82, 2.24) is 9.55 Å². The van der Waals surface area contributed by atoms with Crippen LogP contribution in [0.3, 0.4) is 0 Å². The van der Waals surface area contributed by atoms with Gasteiger partial charge in [-0.25, -0.2) is 4.98 Å². The number of hydrogen-bond acceptors (Lipinski definition) is 2. The van der Waals surface area contributed by atoms with Gasteiger partial charge < -0.3 is 4.57 Å². The van der Waals surface area contributed by atoms with E-state index < -0.39 is 0 Å². The number of aromatic nitrogens is 2. The van der Waals surface area contributed by atoms with Gasteiger partial charge in [0, 0.05) is 5.92 Å². The smallest absolute Gasteiger partial charge is 0.155 e. The van der Waals surface area contributed by atoms with Crippen molar-refractivity contribution in [2.75, 3.05) is 0 Å². The lowest BCUT2D eigenvalue weighted by Gasteiger charge is -2.10. The zero-order chi connectivity index (χ0) is 12.5. The van der Waals surface area contributed by atoms with Crippen molar-refractivity contribution in [3.63, 3.8) is 0 Å². The summed E-state index contributed by atoms with van der Waals surface area (Å²) in [6.07, 6.45) is 4.56. The maximum Gasteiger partial charge on any atom is 0.155 e. The van der Waals surface area contributed by atoms with Crippen LogP contribution in [0.25, 0.3) is 11.0 Å². The summed E-state index contributed by atoms with van der Waals surface area (Å²) in [5.74, 6) is 1.59. The monoisotopic (exact) mass is 242 g/mol. The molecule has 18 heavy (non-hydrogen) atoms. The molecule has 1 heterocycles. The van der Waals surface area contributed by atoms with Gasteiger partial charge in [0.2, 0.25) is 0 Å². The SMILES string of the molecule is Cc1nc2ccccc2n1CC(=O)C1CCCC1. The highest BCUT2D eigenvalue weighted by Gasteiger charge is 2.23. The minimum atomic E-state index is 0.283. The first-order valence-electron chi connectivity index (χ1n) is 6.70. The van der Waals surface area contributed by atoms with Crippen molar-refractivity contribution >= 4 is 16.8 Å². The number of benzene rings is 1. The molecule has 0 saturated heterocycles. The maximum atomic E-state index is 12.3. The van der Waals surface area contributed by atoms with Crippen molar-refractivity contribution < 1.29 is 4.79 Å². The molecule has 0 amide bonds. The summed E-state index contributed by atoms with van der Waals surface area (Å²) >= 11 is 0. The molecule has 1 saturated carbocycles. The summed E-state index contributed by atoms with van der Waals surface area (Å²) in [5.41, 5.74) is 2.05. The van der Waals surface area contributed by atoms with Gasteiger partial charge in [0.25, 0.3) is 0 Å². The Morgan fingerprint density at radius 1 is 1.33 bits per heavy atom. The van der Waals surface area contributed by atoms with E-state index in [-0.39, 0.29) is 5.92 Å². The molecular weight excluding hydrogens is 224 g/mol. The van der Waals surface area contributed by atoms with E-state index in [1.54, 1.807) is 0 Å². The van der Waals surface area contributed by atoms with Crippen LogP contribution in [0.15, 0.2) is 24.3 Å². The molecule has 0 N–H and O–H groups in total. The number of Topliss-reactive ketones (excluding diaryl/α,β-unsaturated/α-hetero) is 1. The zero-order valence-electron chi connectivity index (χ0n) is 10.7. The van der Waals surface area contributed by atoms with Crippen LogP contribution >= 0.6 is 0 Å². The van der Waals surface area contributed by atoms with Gasteiger partial charge in [0.05, 0.1) is 17.6 Å². The Morgan fingerprint density at radius 2 is 2.06 bits per heavy atom. The number of aryl methyl sites for hydroxylation is 1. The average Bonchev–Trinajstić information content (AvgIpc) is 2.98. The number of rotatable bonds is 3. The highest BCUT2D eigenvalue weighted by atomic mass is 16.1. The van der Waals surface area contributed by atoms with E-state index >= 15 is 0 Å². The number of ketones is 1. The number of fused-ring (bicyclic) bond motifs is 1. The van der Waals surface area contributed by atoms with Crippen molar-refractivity contribution in [3.8, 4) is 0 Å². The largest absolute Gasteiger partial charge is 0.321 e. The summed E-state index contributed by atoms with van der Waals surface area (Å²) in [7, 11) is 0. The highest BCUT2D eigenvalue weighted by Crippen LogP contribution is 2.26. The normalized spacial score (nSPS) is 16.5. The predicted molar refractivity (Wildman–Crippen MR) is 71.4 cm³/mol. The molecule has 0 unspecified atom stereocenters. The van der Waals surface area contributed by atoms with Gasteiger partial charge in [-0.2, -0.15) is 0 Å². The first kappa shape index (κ1) is 11.5. The topological polar surface area (TPSA) is 34.9 Å². The zero-order valence-corrected chi connectivity index (χ0v) is 10.7. The van der Waals surface area contributed by atoms with E-state index in [9.17, 15) is 4.79 Å². The summed E-state index contributed by atoms with van der Waals surface area (Å²) in [6, 6.07) is 8.02. The molecule has 1 fully saturated rings. The Morgan fingerprint density at radius 3 is 2.83 bits per heavy atom. The van der Waals surface area contributed by atoms with E-state index in [0.29, 0.717) is 12.3 Å². The van der Waals surface area contributed by atoms with Gasteiger partial charge in [-0.05, 0) is 31.9 Å². The number of para-hydroxylation sites is 2. The molecule has 3 heteroatoms. The van der Waals surface area contributed by atoms with Crippen molar-refractivity contribution in [2.45, 2.75) is 39.2 Å². The Kier molecular flexibility index (Phi) is 2.90. The van der Waals surface area contributed by atoms with Gasteiger partial charge in [-0.15, -0.1) is 0 Å². The third-order valence-electron chi connectivity index (χ3n) is 3.97. The predicted octanol–water partition coefficient (Wildman–Crippen LogP) is 3.10. The van der Waals surface area contributed by atoms with Crippen molar-refractivity contribution in [3.05, 3.63) is 30.1 Å². The minimum Gasteiger partial charge on any atom is -0.321 e. The van der Waals surface area contributed by atoms with E-state index in [4.69, 9.17) is 0 Å². The summed E-state index contributed by atoms with van der Waals surface area (Å²) in [5, 5.41) is 0. The lowest BCUT2D eigenvalue weighted by Crippen LogP contribution is -2.18. The molecule has 1 aromatic carbocycles. The number of carbonyl (C=O) groups excluding carboxylic acids is 1. The lowest BCUT2D eigenvalue weighted by molar-refractivity contribution is -0.123. The van der Waals surface area contributed by atoms with E-state index in [0.717, 1.165) is 29.7 Å². The quantitative estimate of drug-likeness (QED) is 0.829. The highest BCUT2D eigenvalue weighted by molar-refractivity contribution is 5.84. The first-order valence-corrected chi connectivity index (χ1v) is 6.70. The van der Waals surface area contributed by atoms with E-state index in [1.807, 2.05) is 31.2 Å². The Labute approximate surface area is 107 Å². The van der Waals surface area contributed by atoms with Gasteiger partial charge >= 0.3 is 0 Å². The van der Waals surface area contributed by atoms with Crippen LogP contribution in [0, 0.1) is 12.8 Å². The van der Waals surface area contributed by atoms with E-state index in [1.165, 1.54) is 12.8 Å². The number of imidazole rings is 1. The van der Waals surface area contributed by atoms with Crippen LogP contribution in [0.4, 0.5) is 0 Å². The third kappa shape index (κ3) is 1.94. The Hall–Kier alpha value is -1.64. The fourth-order valence-electron chi connectivity index (χ4n) is 2.93. The molecule has 0 bridgehead atoms. The fourth-order valence-corrected chi connectivity index (χ4v) is 2.93. The molecule has 3 nitrogen and oxygen atoms in total. The van der Waals surface area contributed by atoms with Gasteiger partial charge in [-0.1, -0.05) is 25.0 Å². The van der Waals surface area contributed by atoms with Crippen LogP contribution in [0.1, 0.15) is 31.5 Å². The first-order chi connectivity index (χ1) is 8.75. The lowest BCUT2D eigenvalue weighted by atomic mass is 10.0. The average molecular weight is 242 g/mol. The van der Waals surface area contributed by atoms with Crippen LogP contribution < -0.4 is 0 Å². The molecule has 0 spiro atoms. The maximum absolute atomic E-state index is 12.3. The second-order valence-corrected chi connectivity index (χ2v) is 5.18. The molecule has 3 rings (SSSR count). The van der Waals surface area contributed by atoms with Crippen molar-refractivity contribution in [1.29, 1.82) is 0 Å². The fraction of sp³-hybridized carbons (Fsp3) is 0.467. The van der Waals surface area contributed by atoms with Crippen molar-refractivity contribution in [2.24, 2.45) is 5.92 Å². The van der Waals surface area contributed by atoms with Crippen LogP contribution in [-0.4, -0.2) is 15.3 Å². The second kappa shape index (κ2) is 4.56. The summed E-state index contributed by atoms with van der Waals surface area (Å²) < 4.78 is 2.05. The molecule has 0 radical (unpaired) electrons. The molecule has 2 aromatic rings.